The van der Waals surface area contributed by atoms with Gasteiger partial charge in [0, 0.05) is 21.2 Å². The van der Waals surface area contributed by atoms with Crippen LogP contribution in [0.5, 0.6) is 0 Å². The van der Waals surface area contributed by atoms with Gasteiger partial charge in [-0.25, -0.2) is 9.67 Å². The van der Waals surface area contributed by atoms with Crippen LogP contribution in [0.2, 0.25) is 15.1 Å². The summed E-state index contributed by atoms with van der Waals surface area (Å²) in [5.74, 6) is 0. The third kappa shape index (κ3) is 4.55. The van der Waals surface area contributed by atoms with Gasteiger partial charge in [-0.05, 0) is 30.7 Å². The Bertz CT molecular complexity index is 906. The zero-order chi connectivity index (χ0) is 18.5. The fourth-order valence-electron chi connectivity index (χ4n) is 2.33. The number of hydrogen-bond donors (Lipinski definition) is 0. The summed E-state index contributed by atoms with van der Waals surface area (Å²) >= 11 is 18.7. The lowest BCUT2D eigenvalue weighted by Crippen LogP contribution is -2.13. The van der Waals surface area contributed by atoms with Crippen LogP contribution in [0.3, 0.4) is 0 Å². The third-order valence-corrected chi connectivity index (χ3v) is 4.68. The normalized spacial score (nSPS) is 11.6. The van der Waals surface area contributed by atoms with Gasteiger partial charge in [0.05, 0.1) is 11.6 Å². The average Bonchev–Trinajstić information content (AvgIpc) is 3.10. The zero-order valence-electron chi connectivity index (χ0n) is 13.9. The smallest absolute Gasteiger partial charge is 0.145 e. The number of halogens is 3. The Hall–Kier alpha value is -2.08. The van der Waals surface area contributed by atoms with Gasteiger partial charge >= 0.3 is 0 Å². The summed E-state index contributed by atoms with van der Waals surface area (Å²) in [7, 11) is 0. The minimum Gasteiger partial charge on any atom is -0.391 e. The van der Waals surface area contributed by atoms with E-state index in [2.05, 4.69) is 15.2 Å². The van der Waals surface area contributed by atoms with Crippen molar-refractivity contribution in [1.82, 2.24) is 14.8 Å². The van der Waals surface area contributed by atoms with E-state index in [0.717, 1.165) is 11.1 Å². The van der Waals surface area contributed by atoms with Gasteiger partial charge in [0.2, 0.25) is 0 Å². The summed E-state index contributed by atoms with van der Waals surface area (Å²) in [5, 5.41) is 10.0. The Morgan fingerprint density at radius 1 is 1.12 bits per heavy atom. The molecule has 8 heteroatoms. The van der Waals surface area contributed by atoms with E-state index < -0.39 is 0 Å². The largest absolute Gasteiger partial charge is 0.391 e. The van der Waals surface area contributed by atoms with Crippen molar-refractivity contribution in [3.8, 4) is 0 Å². The molecule has 0 saturated heterocycles. The molecule has 1 heterocycles. The van der Waals surface area contributed by atoms with E-state index in [1.807, 2.05) is 25.1 Å². The number of aryl methyl sites for hydroxylation is 1. The number of rotatable bonds is 6. The van der Waals surface area contributed by atoms with E-state index in [9.17, 15) is 0 Å². The molecule has 134 valence electrons. The molecule has 5 nitrogen and oxygen atoms in total. The second-order valence-electron chi connectivity index (χ2n) is 5.59. The SMILES string of the molecule is Cc1ccc(C(Cn2cncn2)=NOCc2c(Cl)cccc2Cl)c(Cl)c1. The van der Waals surface area contributed by atoms with Gasteiger partial charge in [-0.2, -0.15) is 5.10 Å². The molecule has 0 amide bonds. The van der Waals surface area contributed by atoms with Gasteiger partial charge < -0.3 is 4.84 Å². The highest BCUT2D eigenvalue weighted by molar-refractivity contribution is 6.36. The molecule has 0 radical (unpaired) electrons. The molecule has 26 heavy (non-hydrogen) atoms. The van der Waals surface area contributed by atoms with Crippen LogP contribution in [0.1, 0.15) is 16.7 Å². The molecule has 0 unspecified atom stereocenters. The van der Waals surface area contributed by atoms with Crippen LogP contribution in [-0.4, -0.2) is 20.5 Å². The topological polar surface area (TPSA) is 52.3 Å². The minimum atomic E-state index is 0.142. The maximum Gasteiger partial charge on any atom is 0.145 e. The average molecular weight is 410 g/mol. The van der Waals surface area contributed by atoms with Crippen LogP contribution in [-0.2, 0) is 18.0 Å². The first kappa shape index (κ1) is 18.7. The second kappa shape index (κ2) is 8.54. The van der Waals surface area contributed by atoms with Crippen LogP contribution in [0.25, 0.3) is 0 Å². The summed E-state index contributed by atoms with van der Waals surface area (Å²) in [6, 6.07) is 11.0. The molecule has 2 aromatic carbocycles. The highest BCUT2D eigenvalue weighted by atomic mass is 35.5. The first-order valence-electron chi connectivity index (χ1n) is 7.75. The first-order chi connectivity index (χ1) is 12.5. The standard InChI is InChI=1S/C18H15Cl3N4O/c1-12-5-6-13(17(21)7-12)18(8-25-11-22-10-23-25)24-26-9-14-15(19)3-2-4-16(14)20/h2-7,10-11H,8-9H2,1H3. The summed E-state index contributed by atoms with van der Waals surface area (Å²) in [4.78, 5) is 9.48. The molecule has 0 N–H and O–H groups in total. The minimum absolute atomic E-state index is 0.142. The van der Waals surface area contributed by atoms with E-state index in [1.54, 1.807) is 29.2 Å². The Morgan fingerprint density at radius 3 is 2.54 bits per heavy atom. The first-order valence-corrected chi connectivity index (χ1v) is 8.88. The van der Waals surface area contributed by atoms with E-state index in [1.165, 1.54) is 6.33 Å². The monoisotopic (exact) mass is 408 g/mol. The lowest BCUT2D eigenvalue weighted by molar-refractivity contribution is 0.130. The quantitative estimate of drug-likeness (QED) is 0.417. The van der Waals surface area contributed by atoms with Crippen LogP contribution >= 0.6 is 34.8 Å². The highest BCUT2D eigenvalue weighted by Crippen LogP contribution is 2.25. The van der Waals surface area contributed by atoms with Crippen molar-refractivity contribution in [1.29, 1.82) is 0 Å². The highest BCUT2D eigenvalue weighted by Gasteiger charge is 2.12. The van der Waals surface area contributed by atoms with Crippen LogP contribution in [0.15, 0.2) is 54.2 Å². The van der Waals surface area contributed by atoms with Gasteiger partial charge in [0.15, 0.2) is 0 Å². The second-order valence-corrected chi connectivity index (χ2v) is 6.81. The molecular weight excluding hydrogens is 395 g/mol. The van der Waals surface area contributed by atoms with Gasteiger partial charge in [-0.15, -0.1) is 0 Å². The number of hydrogen-bond acceptors (Lipinski definition) is 4. The van der Waals surface area contributed by atoms with Crippen molar-refractivity contribution in [2.24, 2.45) is 5.16 Å². The van der Waals surface area contributed by atoms with Crippen molar-refractivity contribution in [2.75, 3.05) is 0 Å². The molecule has 1 aromatic heterocycles. The Labute approximate surface area is 166 Å². The van der Waals surface area contributed by atoms with Crippen molar-refractivity contribution in [3.63, 3.8) is 0 Å². The zero-order valence-corrected chi connectivity index (χ0v) is 16.1. The van der Waals surface area contributed by atoms with Crippen LogP contribution < -0.4 is 0 Å². The predicted octanol–water partition coefficient (Wildman–Crippen LogP) is 5.17. The van der Waals surface area contributed by atoms with Gasteiger partial charge in [0.25, 0.3) is 0 Å². The predicted molar refractivity (Wildman–Crippen MR) is 104 cm³/mol. The maximum absolute atomic E-state index is 6.39. The number of aromatic nitrogens is 3. The summed E-state index contributed by atoms with van der Waals surface area (Å²) in [5.41, 5.74) is 3.11. The molecule has 0 aliphatic rings. The summed E-state index contributed by atoms with van der Waals surface area (Å²) in [6.07, 6.45) is 3.06. The molecule has 3 aromatic rings. The molecule has 0 bridgehead atoms. The Balaban J connectivity index is 1.86. The lowest BCUT2D eigenvalue weighted by Gasteiger charge is -2.10. The summed E-state index contributed by atoms with van der Waals surface area (Å²) in [6.45, 7) is 2.47. The molecule has 3 rings (SSSR count). The van der Waals surface area contributed by atoms with Crippen molar-refractivity contribution in [3.05, 3.63) is 80.8 Å². The number of oxime groups is 1. The van der Waals surface area contributed by atoms with Crippen molar-refractivity contribution < 1.29 is 4.84 Å². The van der Waals surface area contributed by atoms with Crippen molar-refractivity contribution >= 4 is 40.5 Å². The van der Waals surface area contributed by atoms with E-state index in [4.69, 9.17) is 39.6 Å². The molecule has 0 aliphatic carbocycles. The van der Waals surface area contributed by atoms with Crippen LogP contribution in [0, 0.1) is 6.92 Å². The molecule has 0 fully saturated rings. The fourth-order valence-corrected chi connectivity index (χ4v) is 3.18. The van der Waals surface area contributed by atoms with Gasteiger partial charge in [-0.3, -0.25) is 0 Å². The van der Waals surface area contributed by atoms with E-state index in [0.29, 0.717) is 32.9 Å². The maximum atomic E-state index is 6.39. The Morgan fingerprint density at radius 2 is 1.88 bits per heavy atom. The van der Waals surface area contributed by atoms with E-state index in [-0.39, 0.29) is 6.61 Å². The molecule has 0 spiro atoms. The molecule has 0 atom stereocenters. The summed E-state index contributed by atoms with van der Waals surface area (Å²) < 4.78 is 1.64. The number of nitrogens with zero attached hydrogens (tertiary/aromatic N) is 4. The lowest BCUT2D eigenvalue weighted by atomic mass is 10.1. The van der Waals surface area contributed by atoms with Gasteiger partial charge in [0.1, 0.15) is 25.0 Å². The fraction of sp³-hybridized carbons (Fsp3) is 0.167. The van der Waals surface area contributed by atoms with E-state index >= 15 is 0 Å². The Kier molecular flexibility index (Phi) is 6.14. The van der Waals surface area contributed by atoms with Gasteiger partial charge in [-0.1, -0.05) is 58.2 Å². The third-order valence-electron chi connectivity index (χ3n) is 3.66. The molecule has 0 saturated carbocycles. The molecular formula is C18H15Cl3N4O. The number of benzene rings is 2. The van der Waals surface area contributed by atoms with Crippen molar-refractivity contribution in [2.45, 2.75) is 20.1 Å². The van der Waals surface area contributed by atoms with Crippen LogP contribution in [0.4, 0.5) is 0 Å². The molecule has 0 aliphatic heterocycles.